The second-order valence-corrected chi connectivity index (χ2v) is 7.35. The molecule has 0 aromatic carbocycles. The van der Waals surface area contributed by atoms with E-state index in [4.69, 9.17) is 4.84 Å². The number of hydrogen-bond donors (Lipinski definition) is 0. The molecular weight excluding hydrogens is 272 g/mol. The number of aryl methyl sites for hydroxylation is 1. The topological polar surface area (TPSA) is 57.5 Å². The fourth-order valence-electron chi connectivity index (χ4n) is 3.02. The summed E-state index contributed by atoms with van der Waals surface area (Å²) in [7, 11) is 0. The van der Waals surface area contributed by atoms with Crippen molar-refractivity contribution in [2.45, 2.75) is 56.4 Å². The van der Waals surface area contributed by atoms with Gasteiger partial charge in [-0.05, 0) is 50.7 Å². The SMILES string of the molecule is CC[S+]([O-])c1cc(C2=NOC3(CCCC3)C2)cnc1C. The largest absolute Gasteiger partial charge is 0.611 e. The zero-order valence-corrected chi connectivity index (χ0v) is 12.8. The van der Waals surface area contributed by atoms with Gasteiger partial charge in [-0.3, -0.25) is 4.98 Å². The molecule has 0 radical (unpaired) electrons. The Kier molecular flexibility index (Phi) is 3.73. The van der Waals surface area contributed by atoms with E-state index in [2.05, 4.69) is 10.1 Å². The molecule has 2 aliphatic rings. The number of oxime groups is 1. The standard InChI is InChI=1S/C15H20N2O2S/c1-3-20(18)14-8-12(10-16-11(14)2)13-9-15(19-17-13)6-4-5-7-15/h8,10H,3-7,9H2,1-2H3. The van der Waals surface area contributed by atoms with E-state index < -0.39 is 11.2 Å². The quantitative estimate of drug-likeness (QED) is 0.805. The molecule has 4 nitrogen and oxygen atoms in total. The van der Waals surface area contributed by atoms with Gasteiger partial charge in [0.05, 0.1) is 11.4 Å². The third kappa shape index (κ3) is 2.44. The van der Waals surface area contributed by atoms with Gasteiger partial charge in [-0.15, -0.1) is 0 Å². The molecule has 0 amide bonds. The summed E-state index contributed by atoms with van der Waals surface area (Å²) in [5.41, 5.74) is 2.68. The highest BCUT2D eigenvalue weighted by Gasteiger charge is 2.42. The minimum atomic E-state index is -0.981. The van der Waals surface area contributed by atoms with Crippen LogP contribution >= 0.6 is 0 Å². The lowest BCUT2D eigenvalue weighted by Gasteiger charge is -2.19. The van der Waals surface area contributed by atoms with Crippen LogP contribution in [-0.2, 0) is 16.0 Å². The highest BCUT2D eigenvalue weighted by Crippen LogP contribution is 2.40. The lowest BCUT2D eigenvalue weighted by molar-refractivity contribution is -0.0126. The van der Waals surface area contributed by atoms with Gasteiger partial charge in [0.2, 0.25) is 0 Å². The Labute approximate surface area is 122 Å². The van der Waals surface area contributed by atoms with Gasteiger partial charge in [0.1, 0.15) is 11.4 Å². The minimum absolute atomic E-state index is 0.0652. The smallest absolute Gasteiger partial charge is 0.174 e. The lowest BCUT2D eigenvalue weighted by atomic mass is 9.93. The zero-order valence-electron chi connectivity index (χ0n) is 12.0. The second kappa shape index (κ2) is 5.37. The molecule has 108 valence electrons. The highest BCUT2D eigenvalue weighted by atomic mass is 32.2. The van der Waals surface area contributed by atoms with Crippen LogP contribution in [0.4, 0.5) is 0 Å². The van der Waals surface area contributed by atoms with E-state index in [0.717, 1.165) is 41.1 Å². The van der Waals surface area contributed by atoms with Crippen molar-refractivity contribution < 1.29 is 9.39 Å². The molecule has 1 atom stereocenters. The van der Waals surface area contributed by atoms with Crippen molar-refractivity contribution >= 4 is 16.9 Å². The van der Waals surface area contributed by atoms with Gasteiger partial charge < -0.3 is 9.39 Å². The summed E-state index contributed by atoms with van der Waals surface area (Å²) in [5.74, 6) is 0.610. The third-order valence-corrected chi connectivity index (χ3v) is 5.66. The van der Waals surface area contributed by atoms with Crippen molar-refractivity contribution in [1.29, 1.82) is 0 Å². The lowest BCUT2D eigenvalue weighted by Crippen LogP contribution is -2.24. The Morgan fingerprint density at radius 2 is 2.15 bits per heavy atom. The average Bonchev–Trinajstić information content (AvgIpc) is 3.09. The van der Waals surface area contributed by atoms with Crippen molar-refractivity contribution in [3.05, 3.63) is 23.5 Å². The van der Waals surface area contributed by atoms with E-state index in [-0.39, 0.29) is 5.60 Å². The fourth-order valence-corrected chi connectivity index (χ4v) is 3.97. The first-order valence-electron chi connectivity index (χ1n) is 7.24. The normalized spacial score (nSPS) is 21.9. The van der Waals surface area contributed by atoms with Crippen LogP contribution in [0.2, 0.25) is 0 Å². The summed E-state index contributed by atoms with van der Waals surface area (Å²) in [4.78, 5) is 10.9. The maximum atomic E-state index is 12.1. The molecule has 5 heteroatoms. The predicted octanol–water partition coefficient (Wildman–Crippen LogP) is 2.95. The molecule has 0 bridgehead atoms. The van der Waals surface area contributed by atoms with Crippen LogP contribution in [0.5, 0.6) is 0 Å². The summed E-state index contributed by atoms with van der Waals surface area (Å²) in [6, 6.07) is 1.97. The number of aromatic nitrogens is 1. The van der Waals surface area contributed by atoms with E-state index in [0.29, 0.717) is 5.75 Å². The highest BCUT2D eigenvalue weighted by molar-refractivity contribution is 7.91. The monoisotopic (exact) mass is 292 g/mol. The van der Waals surface area contributed by atoms with Crippen molar-refractivity contribution in [3.8, 4) is 0 Å². The predicted molar refractivity (Wildman–Crippen MR) is 79.4 cm³/mol. The van der Waals surface area contributed by atoms with Crippen molar-refractivity contribution in [2.75, 3.05) is 5.75 Å². The van der Waals surface area contributed by atoms with Gasteiger partial charge in [0.15, 0.2) is 4.90 Å². The molecule has 1 aromatic rings. The van der Waals surface area contributed by atoms with Gasteiger partial charge in [0, 0.05) is 24.2 Å². The molecular formula is C15H20N2O2S. The first kappa shape index (κ1) is 13.9. The minimum Gasteiger partial charge on any atom is -0.611 e. The molecule has 1 spiro atoms. The van der Waals surface area contributed by atoms with E-state index in [1.54, 1.807) is 0 Å². The van der Waals surface area contributed by atoms with Crippen molar-refractivity contribution in [2.24, 2.45) is 5.16 Å². The van der Waals surface area contributed by atoms with E-state index in [9.17, 15) is 4.55 Å². The molecule has 1 aliphatic heterocycles. The van der Waals surface area contributed by atoms with Crippen LogP contribution in [0.15, 0.2) is 22.3 Å². The Morgan fingerprint density at radius 3 is 2.85 bits per heavy atom. The number of nitrogens with zero attached hydrogens (tertiary/aromatic N) is 2. The summed E-state index contributed by atoms with van der Waals surface area (Å²) >= 11 is -0.981. The average molecular weight is 292 g/mol. The maximum absolute atomic E-state index is 12.1. The molecule has 0 N–H and O–H groups in total. The van der Waals surface area contributed by atoms with E-state index >= 15 is 0 Å². The summed E-state index contributed by atoms with van der Waals surface area (Å²) in [6.07, 6.45) is 7.30. The Hall–Kier alpha value is -1.07. The Bertz CT molecular complexity index is 539. The van der Waals surface area contributed by atoms with Gasteiger partial charge in [0.25, 0.3) is 0 Å². The first-order chi connectivity index (χ1) is 9.63. The summed E-state index contributed by atoms with van der Waals surface area (Å²) in [5, 5.41) is 4.27. The van der Waals surface area contributed by atoms with Gasteiger partial charge in [-0.2, -0.15) is 0 Å². The Balaban J connectivity index is 1.84. The molecule has 0 saturated heterocycles. The van der Waals surface area contributed by atoms with Crippen molar-refractivity contribution in [3.63, 3.8) is 0 Å². The molecule has 1 saturated carbocycles. The van der Waals surface area contributed by atoms with Crippen LogP contribution < -0.4 is 0 Å². The maximum Gasteiger partial charge on any atom is 0.174 e. The number of hydrogen-bond acceptors (Lipinski definition) is 4. The van der Waals surface area contributed by atoms with Crippen molar-refractivity contribution in [1.82, 2.24) is 4.98 Å². The zero-order chi connectivity index (χ0) is 14.2. The molecule has 1 aliphatic carbocycles. The van der Waals surface area contributed by atoms with E-state index in [1.165, 1.54) is 12.8 Å². The first-order valence-corrected chi connectivity index (χ1v) is 8.56. The Morgan fingerprint density at radius 1 is 1.40 bits per heavy atom. The molecule has 1 unspecified atom stereocenters. The van der Waals surface area contributed by atoms with Gasteiger partial charge in [-0.25, -0.2) is 0 Å². The molecule has 1 aromatic heterocycles. The molecule has 1 fully saturated rings. The van der Waals surface area contributed by atoms with Crippen LogP contribution in [0, 0.1) is 6.92 Å². The van der Waals surface area contributed by atoms with Crippen LogP contribution in [0.25, 0.3) is 0 Å². The van der Waals surface area contributed by atoms with Crippen LogP contribution in [0.3, 0.4) is 0 Å². The number of pyridine rings is 1. The fraction of sp³-hybridized carbons (Fsp3) is 0.600. The molecule has 3 rings (SSSR count). The molecule has 20 heavy (non-hydrogen) atoms. The van der Waals surface area contributed by atoms with E-state index in [1.807, 2.05) is 26.1 Å². The summed E-state index contributed by atoms with van der Waals surface area (Å²) in [6.45, 7) is 3.82. The second-order valence-electron chi connectivity index (χ2n) is 5.64. The molecule has 2 heterocycles. The van der Waals surface area contributed by atoms with Gasteiger partial charge in [-0.1, -0.05) is 5.16 Å². The van der Waals surface area contributed by atoms with Crippen LogP contribution in [0.1, 0.15) is 50.3 Å². The van der Waals surface area contributed by atoms with Crippen LogP contribution in [-0.4, -0.2) is 26.6 Å². The third-order valence-electron chi connectivity index (χ3n) is 4.24. The summed E-state index contributed by atoms with van der Waals surface area (Å²) < 4.78 is 12.1. The number of rotatable bonds is 3. The van der Waals surface area contributed by atoms with Gasteiger partial charge >= 0.3 is 0 Å².